The van der Waals surface area contributed by atoms with Crippen molar-refractivity contribution in [2.75, 3.05) is 0 Å². The molecule has 0 unspecified atom stereocenters. The fourth-order valence-corrected chi connectivity index (χ4v) is 1.37. The second-order valence-corrected chi connectivity index (χ2v) is 3.50. The molecule has 76 valence electrons. The summed E-state index contributed by atoms with van der Waals surface area (Å²) in [5.41, 5.74) is 1.73. The van der Waals surface area contributed by atoms with Crippen molar-refractivity contribution in [3.63, 3.8) is 0 Å². The second kappa shape index (κ2) is 4.09. The average molecular weight is 200 g/mol. The third kappa shape index (κ3) is 2.31. The summed E-state index contributed by atoms with van der Waals surface area (Å²) in [6.07, 6.45) is 2.27. The predicted octanol–water partition coefficient (Wildman–Crippen LogP) is 1.67. The second-order valence-electron chi connectivity index (χ2n) is 3.50. The van der Waals surface area contributed by atoms with Gasteiger partial charge in [-0.1, -0.05) is 30.3 Å². The minimum Gasteiger partial charge on any atom is -0.310 e. The van der Waals surface area contributed by atoms with Crippen LogP contribution in [0, 0.1) is 6.92 Å². The summed E-state index contributed by atoms with van der Waals surface area (Å²) in [6.45, 7) is 1.75. The lowest BCUT2D eigenvalue weighted by Gasteiger charge is -2.00. The van der Waals surface area contributed by atoms with Crippen LogP contribution in [0.25, 0.3) is 0 Å². The molecule has 0 aliphatic rings. The Hall–Kier alpha value is -1.90. The number of hydrogen-bond donors (Lipinski definition) is 1. The fourth-order valence-electron chi connectivity index (χ4n) is 1.37. The first-order valence-corrected chi connectivity index (χ1v) is 4.84. The van der Waals surface area contributed by atoms with Crippen LogP contribution in [0.4, 0.5) is 0 Å². The first-order valence-electron chi connectivity index (χ1n) is 4.84. The molecule has 1 aromatic heterocycles. The molecular weight excluding hydrogens is 188 g/mol. The molecule has 0 saturated carbocycles. The van der Waals surface area contributed by atoms with Crippen LogP contribution in [-0.2, 0) is 6.42 Å². The highest BCUT2D eigenvalue weighted by Gasteiger charge is 1.99. The standard InChI is InChI=1S/C12H12N2O/c1-9-8-13-11(14-12(9)15)7-10-5-3-2-4-6-10/h2-6,8H,7H2,1H3,(H,13,14,15). The van der Waals surface area contributed by atoms with Crippen molar-refractivity contribution >= 4 is 0 Å². The predicted molar refractivity (Wildman–Crippen MR) is 58.8 cm³/mol. The van der Waals surface area contributed by atoms with Crippen LogP contribution in [0.2, 0.25) is 0 Å². The minimum absolute atomic E-state index is 0.0593. The molecule has 1 heterocycles. The number of nitrogens with one attached hydrogen (secondary N) is 1. The van der Waals surface area contributed by atoms with E-state index in [9.17, 15) is 4.79 Å². The quantitative estimate of drug-likeness (QED) is 0.801. The molecule has 0 atom stereocenters. The van der Waals surface area contributed by atoms with Crippen LogP contribution >= 0.6 is 0 Å². The maximum absolute atomic E-state index is 11.3. The lowest BCUT2D eigenvalue weighted by atomic mass is 10.1. The Balaban J connectivity index is 2.26. The highest BCUT2D eigenvalue weighted by Crippen LogP contribution is 2.03. The maximum Gasteiger partial charge on any atom is 0.253 e. The molecule has 15 heavy (non-hydrogen) atoms. The summed E-state index contributed by atoms with van der Waals surface area (Å²) in [5, 5.41) is 0. The number of aryl methyl sites for hydroxylation is 1. The van der Waals surface area contributed by atoms with E-state index in [1.165, 1.54) is 0 Å². The number of benzene rings is 1. The molecule has 3 nitrogen and oxygen atoms in total. The molecule has 0 bridgehead atoms. The molecule has 1 aromatic carbocycles. The number of aromatic nitrogens is 2. The van der Waals surface area contributed by atoms with Crippen LogP contribution in [-0.4, -0.2) is 9.97 Å². The molecular formula is C12H12N2O. The van der Waals surface area contributed by atoms with Gasteiger partial charge in [0.2, 0.25) is 0 Å². The Bertz CT molecular complexity index is 503. The number of rotatable bonds is 2. The molecule has 2 rings (SSSR count). The number of H-pyrrole nitrogens is 1. The van der Waals surface area contributed by atoms with Crippen molar-refractivity contribution in [1.82, 2.24) is 9.97 Å². The molecule has 0 radical (unpaired) electrons. The summed E-state index contributed by atoms with van der Waals surface area (Å²) >= 11 is 0. The van der Waals surface area contributed by atoms with E-state index in [-0.39, 0.29) is 5.56 Å². The van der Waals surface area contributed by atoms with Crippen molar-refractivity contribution in [2.45, 2.75) is 13.3 Å². The summed E-state index contributed by atoms with van der Waals surface area (Å²) < 4.78 is 0. The van der Waals surface area contributed by atoms with E-state index in [1.54, 1.807) is 13.1 Å². The summed E-state index contributed by atoms with van der Waals surface area (Å²) in [7, 11) is 0. The van der Waals surface area contributed by atoms with Gasteiger partial charge in [0.05, 0.1) is 0 Å². The van der Waals surface area contributed by atoms with E-state index < -0.39 is 0 Å². The normalized spacial score (nSPS) is 10.2. The molecule has 0 fully saturated rings. The van der Waals surface area contributed by atoms with Crippen molar-refractivity contribution in [3.8, 4) is 0 Å². The van der Waals surface area contributed by atoms with Crippen molar-refractivity contribution in [2.24, 2.45) is 0 Å². The lowest BCUT2D eigenvalue weighted by Crippen LogP contribution is -2.13. The van der Waals surface area contributed by atoms with Gasteiger partial charge in [0.15, 0.2) is 0 Å². The van der Waals surface area contributed by atoms with E-state index >= 15 is 0 Å². The zero-order chi connectivity index (χ0) is 10.7. The molecule has 0 amide bonds. The van der Waals surface area contributed by atoms with Gasteiger partial charge in [-0.3, -0.25) is 4.79 Å². The molecule has 0 spiro atoms. The third-order valence-electron chi connectivity index (χ3n) is 2.24. The topological polar surface area (TPSA) is 45.8 Å². The van der Waals surface area contributed by atoms with Gasteiger partial charge in [0.1, 0.15) is 5.82 Å². The van der Waals surface area contributed by atoms with Gasteiger partial charge in [-0.15, -0.1) is 0 Å². The molecule has 0 aliphatic carbocycles. The van der Waals surface area contributed by atoms with Gasteiger partial charge in [0, 0.05) is 18.2 Å². The first-order chi connectivity index (χ1) is 7.25. The highest BCUT2D eigenvalue weighted by atomic mass is 16.1. The molecule has 2 aromatic rings. The van der Waals surface area contributed by atoms with E-state index in [1.807, 2.05) is 30.3 Å². The van der Waals surface area contributed by atoms with E-state index in [4.69, 9.17) is 0 Å². The van der Waals surface area contributed by atoms with Crippen LogP contribution in [0.15, 0.2) is 41.3 Å². The third-order valence-corrected chi connectivity index (χ3v) is 2.24. The zero-order valence-electron chi connectivity index (χ0n) is 8.53. The summed E-state index contributed by atoms with van der Waals surface area (Å²) in [4.78, 5) is 18.3. The Labute approximate surface area is 87.8 Å². The minimum atomic E-state index is -0.0593. The molecule has 0 saturated heterocycles. The summed E-state index contributed by atoms with van der Waals surface area (Å²) in [5.74, 6) is 0.705. The number of hydrogen-bond acceptors (Lipinski definition) is 2. The van der Waals surface area contributed by atoms with E-state index in [0.717, 1.165) is 5.56 Å². The first kappa shape index (κ1) is 9.65. The smallest absolute Gasteiger partial charge is 0.253 e. The zero-order valence-corrected chi connectivity index (χ0v) is 8.53. The van der Waals surface area contributed by atoms with Crippen LogP contribution in [0.5, 0.6) is 0 Å². The average Bonchev–Trinajstić information content (AvgIpc) is 2.25. The highest BCUT2D eigenvalue weighted by molar-refractivity contribution is 5.19. The number of nitrogens with zero attached hydrogens (tertiary/aromatic N) is 1. The maximum atomic E-state index is 11.3. The van der Waals surface area contributed by atoms with Crippen LogP contribution < -0.4 is 5.56 Å². The van der Waals surface area contributed by atoms with Crippen molar-refractivity contribution in [3.05, 3.63) is 63.8 Å². The van der Waals surface area contributed by atoms with Crippen LogP contribution in [0.3, 0.4) is 0 Å². The van der Waals surface area contributed by atoms with Gasteiger partial charge < -0.3 is 4.98 Å². The Morgan fingerprint density at radius 1 is 1.27 bits per heavy atom. The molecule has 1 N–H and O–H groups in total. The lowest BCUT2D eigenvalue weighted by molar-refractivity contribution is 0.930. The SMILES string of the molecule is Cc1cnc(Cc2ccccc2)[nH]c1=O. The Morgan fingerprint density at radius 2 is 2.00 bits per heavy atom. The van der Waals surface area contributed by atoms with Gasteiger partial charge in [-0.25, -0.2) is 4.98 Å². The van der Waals surface area contributed by atoms with Gasteiger partial charge in [-0.2, -0.15) is 0 Å². The van der Waals surface area contributed by atoms with Crippen molar-refractivity contribution in [1.29, 1.82) is 0 Å². The van der Waals surface area contributed by atoms with Crippen LogP contribution in [0.1, 0.15) is 17.0 Å². The largest absolute Gasteiger partial charge is 0.310 e. The summed E-state index contributed by atoms with van der Waals surface area (Å²) in [6, 6.07) is 9.94. The monoisotopic (exact) mass is 200 g/mol. The van der Waals surface area contributed by atoms with Gasteiger partial charge in [0.25, 0.3) is 5.56 Å². The van der Waals surface area contributed by atoms with E-state index in [0.29, 0.717) is 17.8 Å². The Morgan fingerprint density at radius 3 is 2.67 bits per heavy atom. The number of aromatic amines is 1. The van der Waals surface area contributed by atoms with Crippen molar-refractivity contribution < 1.29 is 0 Å². The van der Waals surface area contributed by atoms with Gasteiger partial charge in [-0.05, 0) is 12.5 Å². The van der Waals surface area contributed by atoms with Gasteiger partial charge >= 0.3 is 0 Å². The molecule has 0 aliphatic heterocycles. The molecule has 3 heteroatoms. The fraction of sp³-hybridized carbons (Fsp3) is 0.167. The van der Waals surface area contributed by atoms with E-state index in [2.05, 4.69) is 9.97 Å². The Kier molecular flexibility index (Phi) is 2.63.